The summed E-state index contributed by atoms with van der Waals surface area (Å²) in [6.07, 6.45) is 3.83. The molecule has 2 rings (SSSR count). The predicted octanol–water partition coefficient (Wildman–Crippen LogP) is 4.14. The standard InChI is InChI=1S/C13H14IN/c1-13(2,3)10-5-4-9-7-15-8-12(14)11(9)6-10/h4-8H,1-3H3. The number of pyridine rings is 1. The highest BCUT2D eigenvalue weighted by atomic mass is 127. The van der Waals surface area contributed by atoms with E-state index >= 15 is 0 Å². The molecule has 0 N–H and O–H groups in total. The number of hydrogen-bond acceptors (Lipinski definition) is 1. The second kappa shape index (κ2) is 3.74. The minimum atomic E-state index is 0.209. The average molecular weight is 311 g/mol. The zero-order chi connectivity index (χ0) is 11.1. The molecule has 0 aliphatic carbocycles. The minimum Gasteiger partial charge on any atom is -0.263 e. The molecule has 0 atom stereocenters. The van der Waals surface area contributed by atoms with Gasteiger partial charge in [0.25, 0.3) is 0 Å². The smallest absolute Gasteiger partial charge is 0.0408 e. The summed E-state index contributed by atoms with van der Waals surface area (Å²) in [6.45, 7) is 6.71. The van der Waals surface area contributed by atoms with Gasteiger partial charge in [-0.25, -0.2) is 0 Å². The SMILES string of the molecule is CC(C)(C)c1ccc2cncc(I)c2c1. The zero-order valence-corrected chi connectivity index (χ0v) is 11.4. The predicted molar refractivity (Wildman–Crippen MR) is 73.2 cm³/mol. The summed E-state index contributed by atoms with van der Waals surface area (Å²) < 4.78 is 1.22. The van der Waals surface area contributed by atoms with Crippen LogP contribution in [0.15, 0.2) is 30.6 Å². The van der Waals surface area contributed by atoms with Crippen molar-refractivity contribution < 1.29 is 0 Å². The lowest BCUT2D eigenvalue weighted by Crippen LogP contribution is -2.10. The van der Waals surface area contributed by atoms with Crippen LogP contribution in [0.3, 0.4) is 0 Å². The van der Waals surface area contributed by atoms with Gasteiger partial charge in [0, 0.05) is 21.4 Å². The Hall–Kier alpha value is -0.640. The highest BCUT2D eigenvalue weighted by Gasteiger charge is 2.14. The number of nitrogens with zero attached hydrogens (tertiary/aromatic N) is 1. The molecule has 0 radical (unpaired) electrons. The summed E-state index contributed by atoms with van der Waals surface area (Å²) in [7, 11) is 0. The van der Waals surface area contributed by atoms with E-state index in [1.807, 2.05) is 12.4 Å². The molecule has 0 bridgehead atoms. The van der Waals surface area contributed by atoms with Gasteiger partial charge in [-0.15, -0.1) is 0 Å². The van der Waals surface area contributed by atoms with E-state index in [1.165, 1.54) is 19.9 Å². The Bertz CT molecular complexity index is 497. The number of rotatable bonds is 0. The lowest BCUT2D eigenvalue weighted by molar-refractivity contribution is 0.591. The molecule has 0 spiro atoms. The fraction of sp³-hybridized carbons (Fsp3) is 0.308. The van der Waals surface area contributed by atoms with E-state index in [9.17, 15) is 0 Å². The van der Waals surface area contributed by atoms with Gasteiger partial charge < -0.3 is 0 Å². The maximum absolute atomic E-state index is 4.20. The van der Waals surface area contributed by atoms with Gasteiger partial charge >= 0.3 is 0 Å². The number of fused-ring (bicyclic) bond motifs is 1. The highest BCUT2D eigenvalue weighted by molar-refractivity contribution is 14.1. The second-order valence-electron chi connectivity index (χ2n) is 4.81. The molecule has 1 heterocycles. The van der Waals surface area contributed by atoms with Gasteiger partial charge in [-0.05, 0) is 45.0 Å². The topological polar surface area (TPSA) is 12.9 Å². The lowest BCUT2D eigenvalue weighted by Gasteiger charge is -2.19. The van der Waals surface area contributed by atoms with E-state index in [0.29, 0.717) is 0 Å². The molecule has 2 aromatic rings. The molecule has 1 nitrogen and oxygen atoms in total. The Morgan fingerprint density at radius 1 is 1.13 bits per heavy atom. The van der Waals surface area contributed by atoms with E-state index in [0.717, 1.165) is 0 Å². The maximum atomic E-state index is 4.20. The van der Waals surface area contributed by atoms with Gasteiger partial charge in [-0.3, -0.25) is 4.98 Å². The number of halogens is 1. The van der Waals surface area contributed by atoms with Gasteiger partial charge in [0.1, 0.15) is 0 Å². The molecule has 2 heteroatoms. The third-order valence-corrected chi connectivity index (χ3v) is 3.44. The van der Waals surface area contributed by atoms with Crippen molar-refractivity contribution >= 4 is 33.4 Å². The molecule has 0 saturated heterocycles. The van der Waals surface area contributed by atoms with Crippen LogP contribution in [0.2, 0.25) is 0 Å². The Morgan fingerprint density at radius 3 is 2.53 bits per heavy atom. The van der Waals surface area contributed by atoms with E-state index < -0.39 is 0 Å². The van der Waals surface area contributed by atoms with Crippen LogP contribution < -0.4 is 0 Å². The van der Waals surface area contributed by atoms with Crippen LogP contribution in [-0.4, -0.2) is 4.98 Å². The molecule has 0 saturated carbocycles. The first-order chi connectivity index (χ1) is 6.98. The summed E-state index contributed by atoms with van der Waals surface area (Å²) in [5.41, 5.74) is 1.58. The van der Waals surface area contributed by atoms with Crippen LogP contribution in [0, 0.1) is 3.57 Å². The van der Waals surface area contributed by atoms with Crippen LogP contribution in [0.4, 0.5) is 0 Å². The zero-order valence-electron chi connectivity index (χ0n) is 9.21. The summed E-state index contributed by atoms with van der Waals surface area (Å²) >= 11 is 2.34. The number of benzene rings is 1. The highest BCUT2D eigenvalue weighted by Crippen LogP contribution is 2.27. The van der Waals surface area contributed by atoms with Gasteiger partial charge in [0.05, 0.1) is 0 Å². The fourth-order valence-corrected chi connectivity index (χ4v) is 2.22. The molecular formula is C13H14IN. The summed E-state index contributed by atoms with van der Waals surface area (Å²) in [5.74, 6) is 0. The van der Waals surface area contributed by atoms with Crippen LogP contribution >= 0.6 is 22.6 Å². The molecule has 78 valence electrons. The second-order valence-corrected chi connectivity index (χ2v) is 5.97. The third-order valence-electron chi connectivity index (χ3n) is 2.58. The quantitative estimate of drug-likeness (QED) is 0.667. The van der Waals surface area contributed by atoms with Gasteiger partial charge in [0.15, 0.2) is 0 Å². The Balaban J connectivity index is 2.70. The van der Waals surface area contributed by atoms with Crippen molar-refractivity contribution in [3.05, 3.63) is 39.7 Å². The molecule has 1 aromatic carbocycles. The van der Waals surface area contributed by atoms with Crippen molar-refractivity contribution in [3.63, 3.8) is 0 Å². The van der Waals surface area contributed by atoms with Crippen LogP contribution in [0.5, 0.6) is 0 Å². The van der Waals surface area contributed by atoms with E-state index in [2.05, 4.69) is 66.5 Å². The summed E-state index contributed by atoms with van der Waals surface area (Å²) in [5, 5.41) is 2.52. The maximum Gasteiger partial charge on any atom is 0.0408 e. The molecule has 0 aliphatic heterocycles. The Morgan fingerprint density at radius 2 is 1.87 bits per heavy atom. The van der Waals surface area contributed by atoms with E-state index in [1.54, 1.807) is 0 Å². The molecule has 15 heavy (non-hydrogen) atoms. The number of hydrogen-bond donors (Lipinski definition) is 0. The fourth-order valence-electron chi connectivity index (χ4n) is 1.59. The van der Waals surface area contributed by atoms with Gasteiger partial charge in [-0.2, -0.15) is 0 Å². The monoisotopic (exact) mass is 311 g/mol. The van der Waals surface area contributed by atoms with Gasteiger partial charge in [-0.1, -0.05) is 32.9 Å². The normalized spacial score (nSPS) is 12.0. The van der Waals surface area contributed by atoms with Crippen molar-refractivity contribution in [2.24, 2.45) is 0 Å². The molecule has 0 unspecified atom stereocenters. The first-order valence-electron chi connectivity index (χ1n) is 5.02. The molecule has 0 amide bonds. The molecular weight excluding hydrogens is 297 g/mol. The largest absolute Gasteiger partial charge is 0.263 e. The van der Waals surface area contributed by atoms with Crippen LogP contribution in [-0.2, 0) is 5.41 Å². The van der Waals surface area contributed by atoms with Crippen LogP contribution in [0.1, 0.15) is 26.3 Å². The first-order valence-corrected chi connectivity index (χ1v) is 6.10. The average Bonchev–Trinajstić information content (AvgIpc) is 2.16. The first kappa shape index (κ1) is 10.9. The summed E-state index contributed by atoms with van der Waals surface area (Å²) in [4.78, 5) is 4.20. The lowest BCUT2D eigenvalue weighted by atomic mass is 9.86. The van der Waals surface area contributed by atoms with Crippen LogP contribution in [0.25, 0.3) is 10.8 Å². The Labute approximate surface area is 104 Å². The van der Waals surface area contributed by atoms with E-state index in [-0.39, 0.29) is 5.41 Å². The molecule has 0 aliphatic rings. The Kier molecular flexibility index (Phi) is 2.71. The summed E-state index contributed by atoms with van der Waals surface area (Å²) in [6, 6.07) is 6.63. The molecule has 0 fully saturated rings. The van der Waals surface area contributed by atoms with E-state index in [4.69, 9.17) is 0 Å². The van der Waals surface area contributed by atoms with Crippen molar-refractivity contribution in [2.45, 2.75) is 26.2 Å². The van der Waals surface area contributed by atoms with Crippen molar-refractivity contribution in [1.29, 1.82) is 0 Å². The van der Waals surface area contributed by atoms with Crippen molar-refractivity contribution in [1.82, 2.24) is 4.98 Å². The minimum absolute atomic E-state index is 0.209. The number of aromatic nitrogens is 1. The van der Waals surface area contributed by atoms with Crippen molar-refractivity contribution in [3.8, 4) is 0 Å². The molecule has 1 aromatic heterocycles. The van der Waals surface area contributed by atoms with Crippen molar-refractivity contribution in [2.75, 3.05) is 0 Å². The third kappa shape index (κ3) is 2.14. The van der Waals surface area contributed by atoms with Gasteiger partial charge in [0.2, 0.25) is 0 Å².